The van der Waals surface area contributed by atoms with E-state index in [2.05, 4.69) is 48.5 Å². The van der Waals surface area contributed by atoms with Crippen molar-refractivity contribution in [3.05, 3.63) is 11.6 Å². The smallest absolute Gasteiger partial charge is 0.145 e. The first-order valence-electron chi connectivity index (χ1n) is 17.3. The Morgan fingerprint density at radius 2 is 1.19 bits per heavy atom. The van der Waals surface area contributed by atoms with E-state index >= 15 is 0 Å². The van der Waals surface area contributed by atoms with Gasteiger partial charge in [-0.25, -0.2) is 0 Å². The molecule has 0 fully saturated rings. The monoisotopic (exact) mass is 599 g/mol. The van der Waals surface area contributed by atoms with Crippen LogP contribution >= 0.6 is 0 Å². The third-order valence-corrected chi connectivity index (χ3v) is 7.08. The van der Waals surface area contributed by atoms with Crippen LogP contribution in [0.25, 0.3) is 0 Å². The maximum absolute atomic E-state index is 10.9. The van der Waals surface area contributed by atoms with Crippen LogP contribution in [0.4, 0.5) is 0 Å². The normalized spacial score (nSPS) is 12.2. The molecule has 0 aliphatic heterocycles. The molecule has 5 nitrogen and oxygen atoms in total. The Labute approximate surface area is 263 Å². The predicted molar refractivity (Wildman–Crippen MR) is 184 cm³/mol. The summed E-state index contributed by atoms with van der Waals surface area (Å²) in [5, 5.41) is 8.75. The number of aldehydes is 3. The van der Waals surface area contributed by atoms with Crippen molar-refractivity contribution in [1.82, 2.24) is 0 Å². The van der Waals surface area contributed by atoms with Crippen LogP contribution in [0.2, 0.25) is 0 Å². The van der Waals surface area contributed by atoms with Gasteiger partial charge in [-0.1, -0.05) is 120 Å². The summed E-state index contributed by atoms with van der Waals surface area (Å²) in [6.45, 7) is 20.9. The number of hydrogen-bond acceptors (Lipinski definition) is 5. The summed E-state index contributed by atoms with van der Waals surface area (Å²) in [4.78, 5) is 40.7. The highest BCUT2D eigenvalue weighted by atomic mass is 16.3. The van der Waals surface area contributed by atoms with E-state index in [4.69, 9.17) is 5.11 Å². The second-order valence-electron chi connectivity index (χ2n) is 10.9. The lowest BCUT2D eigenvalue weighted by atomic mass is 9.96. The zero-order chi connectivity index (χ0) is 33.4. The summed E-state index contributed by atoms with van der Waals surface area (Å²) in [6, 6.07) is 0. The van der Waals surface area contributed by atoms with Gasteiger partial charge in [0.05, 0.1) is 0 Å². The maximum Gasteiger partial charge on any atom is 0.145 e. The molecule has 0 aromatic rings. The highest BCUT2D eigenvalue weighted by Crippen LogP contribution is 2.13. The summed E-state index contributed by atoms with van der Waals surface area (Å²) >= 11 is 0. The van der Waals surface area contributed by atoms with Gasteiger partial charge < -0.3 is 14.7 Å². The molecule has 0 aliphatic carbocycles. The van der Waals surface area contributed by atoms with E-state index in [0.717, 1.165) is 82.2 Å². The third-order valence-electron chi connectivity index (χ3n) is 7.08. The number of carbonyl (C=O) groups excluding carboxylic acids is 4. The van der Waals surface area contributed by atoms with Crippen LogP contribution < -0.4 is 0 Å². The van der Waals surface area contributed by atoms with Gasteiger partial charge in [0.2, 0.25) is 0 Å². The lowest BCUT2D eigenvalue weighted by molar-refractivity contribution is -0.121. The first-order valence-corrected chi connectivity index (χ1v) is 17.3. The van der Waals surface area contributed by atoms with Crippen LogP contribution in [0, 0.1) is 17.8 Å². The fourth-order valence-corrected chi connectivity index (χ4v) is 3.62. The first kappa shape index (κ1) is 50.0. The predicted octanol–water partition coefficient (Wildman–Crippen LogP) is 10.7. The number of ketones is 1. The highest BCUT2D eigenvalue weighted by Gasteiger charge is 2.09. The lowest BCUT2D eigenvalue weighted by Crippen LogP contribution is -2.08. The zero-order valence-corrected chi connectivity index (χ0v) is 29.8. The quantitative estimate of drug-likeness (QED) is 0.105. The van der Waals surface area contributed by atoms with Crippen LogP contribution in [0.5, 0.6) is 0 Å². The Morgan fingerprint density at radius 1 is 0.667 bits per heavy atom. The Hall–Kier alpha value is -1.62. The summed E-state index contributed by atoms with van der Waals surface area (Å²) < 4.78 is 0. The Bertz CT molecular complexity index is 567. The van der Waals surface area contributed by atoms with Gasteiger partial charge in [0, 0.05) is 24.9 Å². The molecule has 0 bridgehead atoms. The highest BCUT2D eigenvalue weighted by molar-refractivity contribution is 5.78. The molecule has 0 aromatic carbocycles. The molecular formula is C37H74O5. The first-order chi connectivity index (χ1) is 20.2. The molecule has 0 spiro atoms. The second kappa shape index (κ2) is 46.3. The van der Waals surface area contributed by atoms with Crippen LogP contribution in [0.15, 0.2) is 11.6 Å². The Morgan fingerprint density at radius 3 is 1.48 bits per heavy atom. The van der Waals surface area contributed by atoms with Gasteiger partial charge in [-0.3, -0.25) is 9.59 Å². The molecule has 5 heteroatoms. The van der Waals surface area contributed by atoms with Crippen LogP contribution in [-0.2, 0) is 19.2 Å². The van der Waals surface area contributed by atoms with Gasteiger partial charge >= 0.3 is 0 Å². The lowest BCUT2D eigenvalue weighted by Gasteiger charge is -2.08. The van der Waals surface area contributed by atoms with E-state index in [1.165, 1.54) is 44.9 Å². The number of rotatable bonds is 21. The molecule has 3 atom stereocenters. The Balaban J connectivity index is -0.000000138. The van der Waals surface area contributed by atoms with Crippen molar-refractivity contribution in [2.24, 2.45) is 17.8 Å². The van der Waals surface area contributed by atoms with Gasteiger partial charge in [-0.15, -0.1) is 0 Å². The van der Waals surface area contributed by atoms with Crippen molar-refractivity contribution < 1.29 is 24.3 Å². The molecule has 0 heterocycles. The van der Waals surface area contributed by atoms with Gasteiger partial charge in [-0.2, -0.15) is 0 Å². The summed E-state index contributed by atoms with van der Waals surface area (Å²) in [6.07, 6.45) is 23.4. The largest absolute Gasteiger partial charge is 0.396 e. The average molecular weight is 599 g/mol. The van der Waals surface area contributed by atoms with Crippen LogP contribution in [0.1, 0.15) is 178 Å². The molecular weight excluding hydrogens is 524 g/mol. The van der Waals surface area contributed by atoms with E-state index in [-0.39, 0.29) is 0 Å². The van der Waals surface area contributed by atoms with Crippen molar-refractivity contribution in [3.8, 4) is 0 Å². The van der Waals surface area contributed by atoms with Gasteiger partial charge in [0.15, 0.2) is 0 Å². The molecule has 0 aliphatic rings. The van der Waals surface area contributed by atoms with Crippen molar-refractivity contribution in [2.75, 3.05) is 6.61 Å². The zero-order valence-electron chi connectivity index (χ0n) is 29.8. The molecule has 252 valence electrons. The standard InChI is InChI=1S/C9H18O.C8H18O.C8H16O.C8H14O.C4H8O/c1-4-6-7-9(5-2)8(3)10;3*1-3-5-6-8(4-2)7-9;1-2-3-4-5/h9H,4-7H2,1-3H3;8-9H,3-7H2,1-2H3;7-8H,3-6H2,1-2H3;6-7H,3-5H2,1-2H3;4H,2-3H2,1H3/b;;;8-6+;. The van der Waals surface area contributed by atoms with Gasteiger partial charge in [0.25, 0.3) is 0 Å². The SMILES string of the molecule is CCC/C=C(/C=O)CC.CCCC=O.CCCCC(C=O)CC.CCCCC(CC)C(C)=O.CCCCC(CC)CO. The molecule has 0 radical (unpaired) electrons. The number of allylic oxidation sites excluding steroid dienone is 2. The fraction of sp³-hybridized carbons (Fsp3) is 0.838. The minimum atomic E-state index is 0.324. The minimum absolute atomic E-state index is 0.324. The van der Waals surface area contributed by atoms with E-state index < -0.39 is 0 Å². The molecule has 1 N–H and O–H groups in total. The number of aliphatic hydroxyl groups is 1. The maximum atomic E-state index is 10.9. The molecule has 0 saturated heterocycles. The van der Waals surface area contributed by atoms with E-state index in [1.54, 1.807) is 6.92 Å². The van der Waals surface area contributed by atoms with Gasteiger partial charge in [-0.05, 0) is 69.8 Å². The van der Waals surface area contributed by atoms with Crippen molar-refractivity contribution >= 4 is 24.6 Å². The number of unbranched alkanes of at least 4 members (excludes halogenated alkanes) is 5. The van der Waals surface area contributed by atoms with Crippen molar-refractivity contribution in [1.29, 1.82) is 0 Å². The summed E-state index contributed by atoms with van der Waals surface area (Å²) in [5.41, 5.74) is 0.928. The van der Waals surface area contributed by atoms with Crippen molar-refractivity contribution in [3.63, 3.8) is 0 Å². The molecule has 3 unspecified atom stereocenters. The number of carbonyl (C=O) groups is 4. The third kappa shape index (κ3) is 45.4. The fourth-order valence-electron chi connectivity index (χ4n) is 3.62. The number of aliphatic hydroxyl groups excluding tert-OH is 1. The summed E-state index contributed by atoms with van der Waals surface area (Å²) in [7, 11) is 0. The topological polar surface area (TPSA) is 88.5 Å². The summed E-state index contributed by atoms with van der Waals surface area (Å²) in [5.74, 6) is 1.57. The van der Waals surface area contributed by atoms with Crippen LogP contribution in [-0.4, -0.2) is 36.4 Å². The molecule has 0 aromatic heterocycles. The van der Waals surface area contributed by atoms with Crippen LogP contribution in [0.3, 0.4) is 0 Å². The second-order valence-corrected chi connectivity index (χ2v) is 10.9. The van der Waals surface area contributed by atoms with E-state index in [9.17, 15) is 19.2 Å². The van der Waals surface area contributed by atoms with E-state index in [0.29, 0.717) is 36.6 Å². The van der Waals surface area contributed by atoms with Crippen molar-refractivity contribution in [2.45, 2.75) is 178 Å². The molecule has 0 rings (SSSR count). The molecule has 0 amide bonds. The number of Topliss-reactive ketones (excluding diaryl/α,β-unsaturated/α-hetero) is 1. The molecule has 0 saturated carbocycles. The average Bonchev–Trinajstić information content (AvgIpc) is 3.01. The number of hydrogen-bond donors (Lipinski definition) is 1. The van der Waals surface area contributed by atoms with Gasteiger partial charge in [0.1, 0.15) is 24.6 Å². The Kier molecular flexibility index (Phi) is 55.2. The molecule has 42 heavy (non-hydrogen) atoms. The minimum Gasteiger partial charge on any atom is -0.396 e. The van der Waals surface area contributed by atoms with E-state index in [1.807, 2.05) is 19.9 Å².